The van der Waals surface area contributed by atoms with Gasteiger partial charge in [0.15, 0.2) is 0 Å². The summed E-state index contributed by atoms with van der Waals surface area (Å²) in [6.07, 6.45) is 2.58. The van der Waals surface area contributed by atoms with E-state index in [0.29, 0.717) is 22.4 Å². The molecule has 0 aliphatic carbocycles. The first-order chi connectivity index (χ1) is 9.60. The Morgan fingerprint density at radius 1 is 1.45 bits per heavy atom. The number of carbonyl (C=O) groups is 1. The van der Waals surface area contributed by atoms with Crippen LogP contribution in [0.4, 0.5) is 0 Å². The molecule has 0 aromatic heterocycles. The maximum Gasteiger partial charge on any atom is 0.227 e. The largest absolute Gasteiger partial charge is 0.342 e. The molecule has 1 fully saturated rings. The van der Waals surface area contributed by atoms with Gasteiger partial charge in [-0.25, -0.2) is 0 Å². The highest BCUT2D eigenvalue weighted by Crippen LogP contribution is 2.23. The van der Waals surface area contributed by atoms with Gasteiger partial charge in [0.05, 0.1) is 6.42 Å². The predicted octanol–water partition coefficient (Wildman–Crippen LogP) is 2.99. The average Bonchev–Trinajstić information content (AvgIpc) is 2.43. The normalized spacial score (nSPS) is 19.1. The lowest BCUT2D eigenvalue weighted by atomic mass is 9.97. The first-order valence-electron chi connectivity index (χ1n) is 6.96. The third kappa shape index (κ3) is 4.11. The van der Waals surface area contributed by atoms with Crippen molar-refractivity contribution < 1.29 is 4.79 Å². The minimum absolute atomic E-state index is 0.134. The van der Waals surface area contributed by atoms with Gasteiger partial charge < -0.3 is 10.2 Å². The number of benzene rings is 1. The molecule has 5 heteroatoms. The van der Waals surface area contributed by atoms with Crippen LogP contribution < -0.4 is 5.32 Å². The van der Waals surface area contributed by atoms with E-state index >= 15 is 0 Å². The molecule has 20 heavy (non-hydrogen) atoms. The van der Waals surface area contributed by atoms with Crippen LogP contribution in [0.2, 0.25) is 10.0 Å². The molecule has 0 unspecified atom stereocenters. The maximum absolute atomic E-state index is 12.4. The van der Waals surface area contributed by atoms with Crippen molar-refractivity contribution in [2.24, 2.45) is 5.92 Å². The first kappa shape index (κ1) is 15.6. The molecule has 110 valence electrons. The van der Waals surface area contributed by atoms with Gasteiger partial charge in [0.25, 0.3) is 0 Å². The SMILES string of the molecule is CNC[C@H]1CCCN(C(=O)Cc2cc(Cl)ccc2Cl)C1. The van der Waals surface area contributed by atoms with E-state index in [2.05, 4.69) is 5.32 Å². The zero-order chi connectivity index (χ0) is 14.5. The molecule has 1 aromatic rings. The van der Waals surface area contributed by atoms with Crippen LogP contribution in [0.3, 0.4) is 0 Å². The molecule has 1 aliphatic rings. The first-order valence-corrected chi connectivity index (χ1v) is 7.72. The van der Waals surface area contributed by atoms with E-state index in [-0.39, 0.29) is 5.91 Å². The van der Waals surface area contributed by atoms with E-state index in [1.807, 2.05) is 11.9 Å². The second kappa shape index (κ2) is 7.30. The van der Waals surface area contributed by atoms with E-state index in [0.717, 1.165) is 31.6 Å². The number of nitrogens with zero attached hydrogens (tertiary/aromatic N) is 1. The third-order valence-corrected chi connectivity index (χ3v) is 4.32. The summed E-state index contributed by atoms with van der Waals surface area (Å²) in [4.78, 5) is 14.3. The number of amides is 1. The predicted molar refractivity (Wildman–Crippen MR) is 83.4 cm³/mol. The van der Waals surface area contributed by atoms with Crippen LogP contribution in [0.25, 0.3) is 0 Å². The number of halogens is 2. The van der Waals surface area contributed by atoms with E-state index in [1.165, 1.54) is 6.42 Å². The Bertz CT molecular complexity index is 477. The smallest absolute Gasteiger partial charge is 0.227 e. The summed E-state index contributed by atoms with van der Waals surface area (Å²) in [5, 5.41) is 4.40. The quantitative estimate of drug-likeness (QED) is 0.926. The lowest BCUT2D eigenvalue weighted by Crippen LogP contribution is -2.43. The molecule has 1 amide bonds. The van der Waals surface area contributed by atoms with Gasteiger partial charge in [-0.1, -0.05) is 23.2 Å². The van der Waals surface area contributed by atoms with Gasteiger partial charge in [-0.3, -0.25) is 4.79 Å². The van der Waals surface area contributed by atoms with Crippen molar-refractivity contribution in [3.8, 4) is 0 Å². The molecule has 1 aromatic carbocycles. The standard InChI is InChI=1S/C15H20Cl2N2O/c1-18-9-11-3-2-6-19(10-11)15(20)8-12-7-13(16)4-5-14(12)17/h4-5,7,11,18H,2-3,6,8-10H2,1H3/t11-/m1/s1. The molecule has 0 radical (unpaired) electrons. The van der Waals surface area contributed by atoms with Crippen LogP contribution in [-0.4, -0.2) is 37.5 Å². The van der Waals surface area contributed by atoms with Crippen molar-refractivity contribution in [2.45, 2.75) is 19.3 Å². The van der Waals surface area contributed by atoms with Crippen molar-refractivity contribution in [1.29, 1.82) is 0 Å². The number of nitrogens with one attached hydrogen (secondary N) is 1. The number of likely N-dealkylation sites (tertiary alicyclic amines) is 1. The monoisotopic (exact) mass is 314 g/mol. The van der Waals surface area contributed by atoms with Crippen LogP contribution >= 0.6 is 23.2 Å². The summed E-state index contributed by atoms with van der Waals surface area (Å²) in [5.41, 5.74) is 0.805. The number of hydrogen-bond acceptors (Lipinski definition) is 2. The topological polar surface area (TPSA) is 32.3 Å². The Morgan fingerprint density at radius 2 is 2.25 bits per heavy atom. The molecule has 1 saturated heterocycles. The Kier molecular flexibility index (Phi) is 5.70. The van der Waals surface area contributed by atoms with Crippen molar-refractivity contribution in [2.75, 3.05) is 26.7 Å². The zero-order valence-electron chi connectivity index (χ0n) is 11.7. The van der Waals surface area contributed by atoms with Gasteiger partial charge >= 0.3 is 0 Å². The van der Waals surface area contributed by atoms with E-state index in [1.54, 1.807) is 18.2 Å². The summed E-state index contributed by atoms with van der Waals surface area (Å²) in [6, 6.07) is 5.25. The van der Waals surface area contributed by atoms with Gasteiger partial charge in [0, 0.05) is 23.1 Å². The highest BCUT2D eigenvalue weighted by molar-refractivity contribution is 6.33. The van der Waals surface area contributed by atoms with E-state index in [9.17, 15) is 4.79 Å². The van der Waals surface area contributed by atoms with Gasteiger partial charge in [0.2, 0.25) is 5.91 Å². The fraction of sp³-hybridized carbons (Fsp3) is 0.533. The van der Waals surface area contributed by atoms with Crippen LogP contribution in [-0.2, 0) is 11.2 Å². The van der Waals surface area contributed by atoms with Crippen molar-refractivity contribution in [3.05, 3.63) is 33.8 Å². The number of hydrogen-bond donors (Lipinski definition) is 1. The summed E-state index contributed by atoms with van der Waals surface area (Å²) in [7, 11) is 1.95. The van der Waals surface area contributed by atoms with Gasteiger partial charge in [0.1, 0.15) is 0 Å². The number of piperidine rings is 1. The summed E-state index contributed by atoms with van der Waals surface area (Å²) in [5.74, 6) is 0.683. The Balaban J connectivity index is 1.99. The highest BCUT2D eigenvalue weighted by atomic mass is 35.5. The molecule has 1 atom stereocenters. The summed E-state index contributed by atoms with van der Waals surface area (Å²) in [6.45, 7) is 2.64. The lowest BCUT2D eigenvalue weighted by Gasteiger charge is -2.33. The second-order valence-electron chi connectivity index (χ2n) is 5.32. The Labute approximate surface area is 130 Å². The number of carbonyl (C=O) groups excluding carboxylic acids is 1. The number of rotatable bonds is 4. The van der Waals surface area contributed by atoms with Crippen molar-refractivity contribution >= 4 is 29.1 Å². The molecule has 2 rings (SSSR count). The van der Waals surface area contributed by atoms with Crippen LogP contribution in [0, 0.1) is 5.92 Å². The molecular weight excluding hydrogens is 295 g/mol. The minimum atomic E-state index is 0.134. The lowest BCUT2D eigenvalue weighted by molar-refractivity contribution is -0.132. The summed E-state index contributed by atoms with van der Waals surface area (Å²) >= 11 is 12.1. The van der Waals surface area contributed by atoms with Crippen LogP contribution in [0.1, 0.15) is 18.4 Å². The van der Waals surface area contributed by atoms with E-state index < -0.39 is 0 Å². The zero-order valence-corrected chi connectivity index (χ0v) is 13.2. The molecule has 0 spiro atoms. The van der Waals surface area contributed by atoms with Crippen molar-refractivity contribution in [1.82, 2.24) is 10.2 Å². The molecule has 1 heterocycles. The fourth-order valence-electron chi connectivity index (χ4n) is 2.70. The van der Waals surface area contributed by atoms with E-state index in [4.69, 9.17) is 23.2 Å². The van der Waals surface area contributed by atoms with Gasteiger partial charge in [-0.2, -0.15) is 0 Å². The molecule has 0 bridgehead atoms. The molecule has 3 nitrogen and oxygen atoms in total. The Hall–Kier alpha value is -0.770. The van der Waals surface area contributed by atoms with Gasteiger partial charge in [-0.05, 0) is 56.1 Å². The third-order valence-electron chi connectivity index (χ3n) is 3.71. The molecular formula is C15H20Cl2N2O. The van der Waals surface area contributed by atoms with Crippen LogP contribution in [0.15, 0.2) is 18.2 Å². The van der Waals surface area contributed by atoms with Crippen molar-refractivity contribution in [3.63, 3.8) is 0 Å². The average molecular weight is 315 g/mol. The summed E-state index contributed by atoms with van der Waals surface area (Å²) < 4.78 is 0. The highest BCUT2D eigenvalue weighted by Gasteiger charge is 2.23. The fourth-order valence-corrected chi connectivity index (χ4v) is 3.08. The van der Waals surface area contributed by atoms with Crippen LogP contribution in [0.5, 0.6) is 0 Å². The molecule has 0 saturated carbocycles. The maximum atomic E-state index is 12.4. The second-order valence-corrected chi connectivity index (χ2v) is 6.16. The molecule has 1 N–H and O–H groups in total. The Morgan fingerprint density at radius 3 is 3.00 bits per heavy atom. The van der Waals surface area contributed by atoms with Gasteiger partial charge in [-0.15, -0.1) is 0 Å². The molecule has 1 aliphatic heterocycles. The minimum Gasteiger partial charge on any atom is -0.342 e.